The van der Waals surface area contributed by atoms with E-state index in [0.29, 0.717) is 10.9 Å². The van der Waals surface area contributed by atoms with Crippen LogP contribution in [0.5, 0.6) is 0 Å². The normalized spacial score (nSPS) is 10.9. The SMILES string of the molecule is CC(=O)n1c(SCC(=O)c2ccco2)nc2ccccc21. The quantitative estimate of drug-likeness (QED) is 0.546. The van der Waals surface area contributed by atoms with Gasteiger partial charge in [-0.3, -0.25) is 14.2 Å². The van der Waals surface area contributed by atoms with E-state index in [1.165, 1.54) is 29.5 Å². The van der Waals surface area contributed by atoms with Crippen LogP contribution in [-0.2, 0) is 0 Å². The minimum atomic E-state index is -0.132. The molecule has 106 valence electrons. The van der Waals surface area contributed by atoms with Crippen LogP contribution < -0.4 is 0 Å². The second-order valence-corrected chi connectivity index (χ2v) is 5.37. The summed E-state index contributed by atoms with van der Waals surface area (Å²) in [6, 6.07) is 10.7. The van der Waals surface area contributed by atoms with Gasteiger partial charge in [-0.2, -0.15) is 0 Å². The van der Waals surface area contributed by atoms with Crippen LogP contribution in [0.4, 0.5) is 0 Å². The van der Waals surface area contributed by atoms with Crippen LogP contribution in [0.3, 0.4) is 0 Å². The fraction of sp³-hybridized carbons (Fsp3) is 0.133. The van der Waals surface area contributed by atoms with E-state index in [9.17, 15) is 9.59 Å². The molecule has 21 heavy (non-hydrogen) atoms. The first-order valence-electron chi connectivity index (χ1n) is 6.35. The molecule has 0 saturated heterocycles. The molecule has 3 aromatic rings. The molecular weight excluding hydrogens is 288 g/mol. The summed E-state index contributed by atoms with van der Waals surface area (Å²) in [5, 5.41) is 0.517. The lowest BCUT2D eigenvalue weighted by molar-refractivity contribution is 0.0929. The Bertz CT molecular complexity index is 806. The number of para-hydroxylation sites is 2. The molecular formula is C15H12N2O3S. The summed E-state index contributed by atoms with van der Waals surface area (Å²) in [5.74, 6) is 0.223. The minimum Gasteiger partial charge on any atom is -0.461 e. The van der Waals surface area contributed by atoms with E-state index in [2.05, 4.69) is 4.98 Å². The van der Waals surface area contributed by atoms with Gasteiger partial charge in [-0.05, 0) is 24.3 Å². The van der Waals surface area contributed by atoms with Gasteiger partial charge in [0.15, 0.2) is 10.9 Å². The lowest BCUT2D eigenvalue weighted by Gasteiger charge is -2.03. The lowest BCUT2D eigenvalue weighted by atomic mass is 10.3. The predicted molar refractivity (Wildman–Crippen MR) is 79.8 cm³/mol. The van der Waals surface area contributed by atoms with Crippen molar-refractivity contribution in [2.75, 3.05) is 5.75 Å². The number of aromatic nitrogens is 2. The third kappa shape index (κ3) is 2.62. The Morgan fingerprint density at radius 1 is 1.24 bits per heavy atom. The number of carbonyl (C=O) groups is 2. The fourth-order valence-electron chi connectivity index (χ4n) is 2.04. The minimum absolute atomic E-state index is 0.128. The Labute approximate surface area is 125 Å². The topological polar surface area (TPSA) is 65.1 Å². The Morgan fingerprint density at radius 2 is 2.05 bits per heavy atom. The van der Waals surface area contributed by atoms with E-state index in [4.69, 9.17) is 4.42 Å². The number of nitrogens with zero attached hydrogens (tertiary/aromatic N) is 2. The third-order valence-corrected chi connectivity index (χ3v) is 3.91. The van der Waals surface area contributed by atoms with Crippen molar-refractivity contribution in [3.05, 3.63) is 48.4 Å². The van der Waals surface area contributed by atoms with Crippen molar-refractivity contribution in [3.8, 4) is 0 Å². The molecule has 6 heteroatoms. The average Bonchev–Trinajstić information content (AvgIpc) is 3.11. The van der Waals surface area contributed by atoms with Crippen molar-refractivity contribution in [2.24, 2.45) is 0 Å². The van der Waals surface area contributed by atoms with Crippen molar-refractivity contribution in [1.82, 2.24) is 9.55 Å². The fourth-order valence-corrected chi connectivity index (χ4v) is 2.96. The molecule has 0 bridgehead atoms. The molecule has 1 aromatic carbocycles. The van der Waals surface area contributed by atoms with E-state index in [1.807, 2.05) is 24.3 Å². The first kappa shape index (κ1) is 13.6. The van der Waals surface area contributed by atoms with Crippen LogP contribution >= 0.6 is 11.8 Å². The number of carbonyl (C=O) groups excluding carboxylic acids is 2. The molecule has 0 atom stereocenters. The summed E-state index contributed by atoms with van der Waals surface area (Å²) in [5.41, 5.74) is 1.48. The molecule has 0 aliphatic heterocycles. The molecule has 3 rings (SSSR count). The number of rotatable bonds is 4. The zero-order chi connectivity index (χ0) is 14.8. The van der Waals surface area contributed by atoms with E-state index < -0.39 is 0 Å². The van der Waals surface area contributed by atoms with Crippen molar-refractivity contribution in [3.63, 3.8) is 0 Å². The number of benzene rings is 1. The number of fused-ring (bicyclic) bond motifs is 1. The summed E-state index contributed by atoms with van der Waals surface area (Å²) in [6.45, 7) is 1.48. The smallest absolute Gasteiger partial charge is 0.230 e. The van der Waals surface area contributed by atoms with Gasteiger partial charge in [0.1, 0.15) is 0 Å². The van der Waals surface area contributed by atoms with E-state index in [0.717, 1.165) is 11.0 Å². The van der Waals surface area contributed by atoms with Gasteiger partial charge >= 0.3 is 0 Å². The highest BCUT2D eigenvalue weighted by Crippen LogP contribution is 2.24. The molecule has 0 spiro atoms. The Kier molecular flexibility index (Phi) is 3.62. The van der Waals surface area contributed by atoms with Gasteiger partial charge < -0.3 is 4.42 Å². The van der Waals surface area contributed by atoms with Gasteiger partial charge in [-0.15, -0.1) is 0 Å². The predicted octanol–water partition coefficient (Wildman–Crippen LogP) is 3.26. The first-order chi connectivity index (χ1) is 10.2. The first-order valence-corrected chi connectivity index (χ1v) is 7.33. The molecule has 5 nitrogen and oxygen atoms in total. The van der Waals surface area contributed by atoms with Crippen molar-refractivity contribution >= 4 is 34.5 Å². The van der Waals surface area contributed by atoms with Gasteiger partial charge in [-0.1, -0.05) is 23.9 Å². The van der Waals surface area contributed by atoms with Crippen LogP contribution in [0.15, 0.2) is 52.2 Å². The van der Waals surface area contributed by atoms with Crippen LogP contribution in [0, 0.1) is 0 Å². The summed E-state index contributed by atoms with van der Waals surface area (Å²) in [6.07, 6.45) is 1.46. The number of hydrogen-bond acceptors (Lipinski definition) is 5. The monoisotopic (exact) mass is 300 g/mol. The molecule has 0 radical (unpaired) electrons. The summed E-state index contributed by atoms with van der Waals surface area (Å²) in [7, 11) is 0. The van der Waals surface area contributed by atoms with Crippen molar-refractivity contribution < 1.29 is 14.0 Å². The summed E-state index contributed by atoms with van der Waals surface area (Å²) < 4.78 is 6.59. The zero-order valence-corrected chi connectivity index (χ0v) is 12.1. The van der Waals surface area contributed by atoms with Crippen LogP contribution in [0.25, 0.3) is 11.0 Å². The lowest BCUT2D eigenvalue weighted by Crippen LogP contribution is -2.08. The molecule has 0 amide bonds. The summed E-state index contributed by atoms with van der Waals surface area (Å²) in [4.78, 5) is 28.2. The number of hydrogen-bond donors (Lipinski definition) is 0. The standard InChI is InChI=1S/C15H12N2O3S/c1-10(18)17-12-6-3-2-5-11(12)16-15(17)21-9-13(19)14-7-4-8-20-14/h2-8H,9H2,1H3. The molecule has 0 fully saturated rings. The van der Waals surface area contributed by atoms with E-state index in [1.54, 1.807) is 12.1 Å². The van der Waals surface area contributed by atoms with Crippen molar-refractivity contribution in [2.45, 2.75) is 12.1 Å². The third-order valence-electron chi connectivity index (χ3n) is 2.97. The molecule has 2 heterocycles. The molecule has 0 aliphatic carbocycles. The van der Waals surface area contributed by atoms with Crippen molar-refractivity contribution in [1.29, 1.82) is 0 Å². The number of ketones is 1. The van der Waals surface area contributed by atoms with Crippen LogP contribution in [-0.4, -0.2) is 27.0 Å². The number of imidazole rings is 1. The number of thioether (sulfide) groups is 1. The highest BCUT2D eigenvalue weighted by molar-refractivity contribution is 7.99. The van der Waals surface area contributed by atoms with Gasteiger partial charge in [0.25, 0.3) is 0 Å². The second-order valence-electron chi connectivity index (χ2n) is 4.43. The molecule has 0 saturated carbocycles. The van der Waals surface area contributed by atoms with E-state index >= 15 is 0 Å². The highest BCUT2D eigenvalue weighted by Gasteiger charge is 2.16. The maximum absolute atomic E-state index is 11.9. The van der Waals surface area contributed by atoms with E-state index in [-0.39, 0.29) is 17.4 Å². The maximum atomic E-state index is 11.9. The molecule has 2 aromatic heterocycles. The van der Waals surface area contributed by atoms with Gasteiger partial charge in [0.05, 0.1) is 23.0 Å². The highest BCUT2D eigenvalue weighted by atomic mass is 32.2. The van der Waals surface area contributed by atoms with Crippen LogP contribution in [0.2, 0.25) is 0 Å². The number of Topliss-reactive ketones (excluding diaryl/α,β-unsaturated/α-hetero) is 1. The van der Waals surface area contributed by atoms with Gasteiger partial charge in [-0.25, -0.2) is 4.98 Å². The zero-order valence-electron chi connectivity index (χ0n) is 11.3. The second kappa shape index (κ2) is 5.57. The average molecular weight is 300 g/mol. The number of furan rings is 1. The Morgan fingerprint density at radius 3 is 2.76 bits per heavy atom. The largest absolute Gasteiger partial charge is 0.461 e. The van der Waals surface area contributed by atoms with Gasteiger partial charge in [0.2, 0.25) is 11.7 Å². The van der Waals surface area contributed by atoms with Gasteiger partial charge in [0, 0.05) is 6.92 Å². The molecule has 0 aliphatic rings. The molecule has 0 unspecified atom stereocenters. The molecule has 0 N–H and O–H groups in total. The maximum Gasteiger partial charge on any atom is 0.230 e. The summed E-state index contributed by atoms with van der Waals surface area (Å²) >= 11 is 1.23. The van der Waals surface area contributed by atoms with Crippen LogP contribution in [0.1, 0.15) is 22.3 Å². The Balaban J connectivity index is 1.88. The Hall–Kier alpha value is -2.34.